The van der Waals surface area contributed by atoms with Crippen LogP contribution in [0.3, 0.4) is 0 Å². The molecule has 0 bridgehead atoms. The molecule has 9 heteroatoms. The van der Waals surface area contributed by atoms with Gasteiger partial charge in [0.1, 0.15) is 19.3 Å². The van der Waals surface area contributed by atoms with E-state index in [1.165, 1.54) is 193 Å². The van der Waals surface area contributed by atoms with Crippen molar-refractivity contribution in [3.8, 4) is 0 Å². The highest BCUT2D eigenvalue weighted by Gasteiger charge is 2.26. The summed E-state index contributed by atoms with van der Waals surface area (Å²) in [6.07, 6.45) is 64.5. The molecule has 0 aliphatic rings. The van der Waals surface area contributed by atoms with E-state index in [9.17, 15) is 14.3 Å². The molecule has 394 valence electrons. The highest BCUT2D eigenvalue weighted by atomic mass is 31.2. The lowest BCUT2D eigenvalue weighted by Crippen LogP contribution is -2.37. The van der Waals surface area contributed by atoms with E-state index >= 15 is 0 Å². The molecule has 0 spiro atoms. The monoisotopic (exact) mass is 965 g/mol. The van der Waals surface area contributed by atoms with E-state index in [4.69, 9.17) is 18.5 Å². The molecular weight excluding hydrogens is 854 g/mol. The molecule has 0 radical (unpaired) electrons. The van der Waals surface area contributed by atoms with Crippen molar-refractivity contribution in [1.82, 2.24) is 0 Å². The summed E-state index contributed by atoms with van der Waals surface area (Å²) in [5, 5.41) is 0. The van der Waals surface area contributed by atoms with E-state index in [0.717, 1.165) is 44.9 Å². The predicted molar refractivity (Wildman–Crippen MR) is 289 cm³/mol. The third-order valence-electron chi connectivity index (χ3n) is 12.4. The van der Waals surface area contributed by atoms with E-state index in [0.29, 0.717) is 24.1 Å². The molecule has 0 aliphatic carbocycles. The zero-order chi connectivity index (χ0) is 49.0. The molecule has 2 unspecified atom stereocenters. The van der Waals surface area contributed by atoms with Crippen LogP contribution in [0.5, 0.6) is 0 Å². The highest BCUT2D eigenvalue weighted by Crippen LogP contribution is 2.43. The Morgan fingerprint density at radius 1 is 0.463 bits per heavy atom. The number of quaternary nitrogens is 1. The Bertz CT molecular complexity index is 1210. The number of esters is 1. The van der Waals surface area contributed by atoms with Crippen LogP contribution in [0, 0.1) is 0 Å². The first kappa shape index (κ1) is 65.5. The van der Waals surface area contributed by atoms with Crippen molar-refractivity contribution in [1.29, 1.82) is 0 Å². The number of carbonyl (C=O) groups is 1. The van der Waals surface area contributed by atoms with Crippen LogP contribution in [0.15, 0.2) is 48.6 Å². The van der Waals surface area contributed by atoms with Crippen LogP contribution in [-0.2, 0) is 27.9 Å². The van der Waals surface area contributed by atoms with Gasteiger partial charge in [-0.05, 0) is 77.0 Å². The van der Waals surface area contributed by atoms with E-state index in [1.54, 1.807) is 0 Å². The first-order valence-electron chi connectivity index (χ1n) is 28.4. The van der Waals surface area contributed by atoms with Crippen LogP contribution in [0.4, 0.5) is 0 Å². The van der Waals surface area contributed by atoms with Crippen molar-refractivity contribution in [2.24, 2.45) is 0 Å². The average Bonchev–Trinajstić information content (AvgIpc) is 3.29. The van der Waals surface area contributed by atoms with Gasteiger partial charge in [0.15, 0.2) is 0 Å². The normalized spacial score (nSPS) is 13.8. The smallest absolute Gasteiger partial charge is 0.457 e. The molecule has 0 aromatic heterocycles. The molecule has 0 amide bonds. The van der Waals surface area contributed by atoms with Crippen molar-refractivity contribution < 1.29 is 37.3 Å². The third kappa shape index (κ3) is 55.3. The lowest BCUT2D eigenvalue weighted by Gasteiger charge is -2.24. The van der Waals surface area contributed by atoms with Crippen molar-refractivity contribution in [2.75, 3.05) is 54.1 Å². The van der Waals surface area contributed by atoms with Gasteiger partial charge in [0.25, 0.3) is 0 Å². The summed E-state index contributed by atoms with van der Waals surface area (Å²) >= 11 is 0. The van der Waals surface area contributed by atoms with Gasteiger partial charge in [-0.25, -0.2) is 4.57 Å². The molecule has 0 fully saturated rings. The van der Waals surface area contributed by atoms with Crippen LogP contribution in [0.2, 0.25) is 0 Å². The van der Waals surface area contributed by atoms with Gasteiger partial charge >= 0.3 is 13.8 Å². The second-order valence-electron chi connectivity index (χ2n) is 20.3. The molecule has 0 rings (SSSR count). The van der Waals surface area contributed by atoms with E-state index in [1.807, 2.05) is 21.1 Å². The molecule has 1 N–H and O–H groups in total. The quantitative estimate of drug-likeness (QED) is 0.0213. The summed E-state index contributed by atoms with van der Waals surface area (Å²) in [4.78, 5) is 23.1. The number of unbranched alkanes of at least 4 members (excludes halogenated alkanes) is 31. The Hall–Kier alpha value is -1.54. The Labute approximate surface area is 416 Å². The van der Waals surface area contributed by atoms with E-state index < -0.39 is 13.9 Å². The Morgan fingerprint density at radius 3 is 1.24 bits per heavy atom. The number of phosphoric ester groups is 1. The van der Waals surface area contributed by atoms with Gasteiger partial charge in [-0.3, -0.25) is 13.8 Å². The fraction of sp³-hybridized carbons (Fsp3) is 0.845. The van der Waals surface area contributed by atoms with Crippen molar-refractivity contribution in [3.63, 3.8) is 0 Å². The molecule has 0 aromatic rings. The zero-order valence-electron chi connectivity index (χ0n) is 44.9. The maximum absolute atomic E-state index is 12.8. The number of carbonyl (C=O) groups excluding carboxylic acids is 1. The molecule has 8 nitrogen and oxygen atoms in total. The summed E-state index contributed by atoms with van der Waals surface area (Å²) in [5.41, 5.74) is 0. The average molecular weight is 965 g/mol. The molecule has 0 saturated heterocycles. The Kier molecular flexibility index (Phi) is 49.7. The molecular formula is C58H111NO7P+. The summed E-state index contributed by atoms with van der Waals surface area (Å²) in [6.45, 7) is 5.64. The third-order valence-corrected chi connectivity index (χ3v) is 13.3. The second kappa shape index (κ2) is 50.8. The molecule has 0 heterocycles. The predicted octanol–water partition coefficient (Wildman–Crippen LogP) is 17.8. The van der Waals surface area contributed by atoms with Crippen molar-refractivity contribution >= 4 is 13.8 Å². The fourth-order valence-corrected chi connectivity index (χ4v) is 8.71. The maximum atomic E-state index is 12.8. The topological polar surface area (TPSA) is 91.3 Å². The van der Waals surface area contributed by atoms with Crippen LogP contribution in [-0.4, -0.2) is 75.6 Å². The molecule has 0 saturated carbocycles. The summed E-state index contributed by atoms with van der Waals surface area (Å²) < 4.78 is 35.2. The number of hydrogen-bond acceptors (Lipinski definition) is 6. The standard InChI is InChI=1S/C58H110NO7P/c1-6-8-10-12-14-16-18-20-22-24-26-28-29-30-31-32-33-35-37-39-41-43-45-47-49-51-58(60)66-57(56-65-67(61,62)64-54-52-59(3,4)5)55-63-53-50-48-46-44-42-40-38-36-34-27-25-23-21-19-17-15-13-11-9-7-2/h18,20-21,23-24,26,29-30,57H,6-17,19,22,25,27-28,31-56H2,1-5H3/p+1/b20-18-,23-21-,26-24-,30-29-. The summed E-state index contributed by atoms with van der Waals surface area (Å²) in [7, 11) is 1.67. The number of phosphoric acid groups is 1. The van der Waals surface area contributed by atoms with Crippen molar-refractivity contribution in [3.05, 3.63) is 48.6 Å². The molecule has 2 atom stereocenters. The number of rotatable bonds is 53. The highest BCUT2D eigenvalue weighted by molar-refractivity contribution is 7.47. The molecule has 0 aliphatic heterocycles. The Balaban J connectivity index is 4.09. The van der Waals surface area contributed by atoms with Crippen LogP contribution >= 0.6 is 7.82 Å². The van der Waals surface area contributed by atoms with Gasteiger partial charge in [0, 0.05) is 13.0 Å². The van der Waals surface area contributed by atoms with Gasteiger partial charge in [0.2, 0.25) is 0 Å². The van der Waals surface area contributed by atoms with Crippen LogP contribution < -0.4 is 0 Å². The Morgan fingerprint density at radius 2 is 0.821 bits per heavy atom. The summed E-state index contributed by atoms with van der Waals surface area (Å²) in [5.74, 6) is -0.315. The molecule has 0 aromatic carbocycles. The van der Waals surface area contributed by atoms with Crippen LogP contribution in [0.25, 0.3) is 0 Å². The van der Waals surface area contributed by atoms with Crippen molar-refractivity contribution in [2.45, 2.75) is 264 Å². The minimum atomic E-state index is -4.29. The lowest BCUT2D eigenvalue weighted by molar-refractivity contribution is -0.870. The van der Waals surface area contributed by atoms with Gasteiger partial charge in [-0.15, -0.1) is 0 Å². The van der Waals surface area contributed by atoms with Gasteiger partial charge in [0.05, 0.1) is 34.4 Å². The first-order valence-corrected chi connectivity index (χ1v) is 29.9. The lowest BCUT2D eigenvalue weighted by atomic mass is 10.0. The first-order chi connectivity index (χ1) is 32.6. The van der Waals surface area contributed by atoms with Crippen LogP contribution in [0.1, 0.15) is 258 Å². The maximum Gasteiger partial charge on any atom is 0.472 e. The number of hydrogen-bond donors (Lipinski definition) is 1. The minimum Gasteiger partial charge on any atom is -0.457 e. The number of likely N-dealkylation sites (N-methyl/N-ethyl adjacent to an activating group) is 1. The number of nitrogens with zero attached hydrogens (tertiary/aromatic N) is 1. The van der Waals surface area contributed by atoms with E-state index in [2.05, 4.69) is 62.5 Å². The molecule has 67 heavy (non-hydrogen) atoms. The fourth-order valence-electron chi connectivity index (χ4n) is 7.97. The minimum absolute atomic E-state index is 0.0872. The second-order valence-corrected chi connectivity index (χ2v) is 21.8. The number of ether oxygens (including phenoxy) is 2. The SMILES string of the molecule is CCCCCCC/C=C\C/C=C\C/C=C\CCCCCCCCCCCCC(=O)OC(COCCCCCCCCCCCC/C=C\CCCCCCCC)COP(=O)(O)OCC[N+](C)(C)C. The number of allylic oxidation sites excluding steroid dienone is 8. The largest absolute Gasteiger partial charge is 0.472 e. The van der Waals surface area contributed by atoms with Gasteiger partial charge in [-0.2, -0.15) is 0 Å². The van der Waals surface area contributed by atoms with E-state index in [-0.39, 0.29) is 25.8 Å². The summed E-state index contributed by atoms with van der Waals surface area (Å²) in [6, 6.07) is 0. The van der Waals surface area contributed by atoms with Gasteiger partial charge < -0.3 is 18.9 Å². The zero-order valence-corrected chi connectivity index (χ0v) is 45.8. The van der Waals surface area contributed by atoms with Gasteiger partial charge in [-0.1, -0.05) is 223 Å².